The number of aryl methyl sites for hydroxylation is 1. The average molecular weight is 237 g/mol. The number of hydrogen-bond acceptors (Lipinski definition) is 3. The van der Waals surface area contributed by atoms with Crippen LogP contribution in [0.5, 0.6) is 5.75 Å². The molecule has 0 bridgehead atoms. The van der Waals surface area contributed by atoms with E-state index in [1.807, 2.05) is 23.9 Å². The molecule has 0 aliphatic carbocycles. The molecular formula is C13H19NOS. The van der Waals surface area contributed by atoms with Gasteiger partial charge < -0.3 is 10.4 Å². The zero-order valence-corrected chi connectivity index (χ0v) is 10.7. The Labute approximate surface area is 101 Å². The molecule has 3 heteroatoms. The summed E-state index contributed by atoms with van der Waals surface area (Å²) in [6.45, 7) is 5.65. The van der Waals surface area contributed by atoms with Crippen molar-refractivity contribution in [2.24, 2.45) is 0 Å². The van der Waals surface area contributed by atoms with E-state index in [2.05, 4.69) is 19.2 Å². The van der Waals surface area contributed by atoms with Gasteiger partial charge in [0.1, 0.15) is 5.75 Å². The highest BCUT2D eigenvalue weighted by Gasteiger charge is 2.32. The molecule has 88 valence electrons. The van der Waals surface area contributed by atoms with Crippen LogP contribution in [0.15, 0.2) is 24.3 Å². The molecule has 1 aliphatic heterocycles. The van der Waals surface area contributed by atoms with Crippen molar-refractivity contribution < 1.29 is 5.11 Å². The zero-order valence-electron chi connectivity index (χ0n) is 9.86. The molecule has 2 nitrogen and oxygen atoms in total. The standard InChI is InChI=1S/C13H19NOS/c1-10-9-14-13(2,16-10)8-7-11-3-5-12(15)6-4-11/h3-6,10,14-15H,7-9H2,1-2H3. The third-order valence-electron chi connectivity index (χ3n) is 3.05. The normalized spacial score (nSPS) is 29.5. The lowest BCUT2D eigenvalue weighted by Gasteiger charge is -2.23. The van der Waals surface area contributed by atoms with Gasteiger partial charge >= 0.3 is 0 Å². The summed E-state index contributed by atoms with van der Waals surface area (Å²) in [5.74, 6) is 0.344. The molecule has 0 radical (unpaired) electrons. The van der Waals surface area contributed by atoms with Crippen molar-refractivity contribution in [1.82, 2.24) is 5.32 Å². The monoisotopic (exact) mass is 237 g/mol. The van der Waals surface area contributed by atoms with Crippen LogP contribution < -0.4 is 5.32 Å². The van der Waals surface area contributed by atoms with E-state index in [9.17, 15) is 5.11 Å². The summed E-state index contributed by atoms with van der Waals surface area (Å²) in [5.41, 5.74) is 1.29. The van der Waals surface area contributed by atoms with E-state index in [1.54, 1.807) is 12.1 Å². The van der Waals surface area contributed by atoms with Crippen molar-refractivity contribution in [1.29, 1.82) is 0 Å². The molecule has 1 aromatic rings. The van der Waals surface area contributed by atoms with Gasteiger partial charge in [0.25, 0.3) is 0 Å². The Morgan fingerprint density at radius 2 is 2.12 bits per heavy atom. The molecule has 0 spiro atoms. The molecule has 1 saturated heterocycles. The SMILES string of the molecule is CC1CNC(C)(CCc2ccc(O)cc2)S1. The van der Waals surface area contributed by atoms with Gasteiger partial charge in [0.05, 0.1) is 4.87 Å². The minimum absolute atomic E-state index is 0.220. The summed E-state index contributed by atoms with van der Waals surface area (Å²) in [5, 5.41) is 13.5. The predicted octanol–water partition coefficient (Wildman–Crippen LogP) is 2.77. The van der Waals surface area contributed by atoms with Crippen LogP contribution in [0.3, 0.4) is 0 Å². The highest BCUT2D eigenvalue weighted by atomic mass is 32.2. The Hall–Kier alpha value is -0.670. The first-order chi connectivity index (χ1) is 7.57. The first-order valence-corrected chi connectivity index (χ1v) is 6.66. The molecule has 1 aliphatic rings. The van der Waals surface area contributed by atoms with Crippen molar-refractivity contribution in [2.75, 3.05) is 6.54 Å². The van der Waals surface area contributed by atoms with Gasteiger partial charge in [0.2, 0.25) is 0 Å². The van der Waals surface area contributed by atoms with Crippen LogP contribution in [-0.4, -0.2) is 21.8 Å². The first-order valence-electron chi connectivity index (χ1n) is 5.78. The molecule has 2 unspecified atom stereocenters. The summed E-state index contributed by atoms with van der Waals surface area (Å²) in [6, 6.07) is 7.52. The maximum Gasteiger partial charge on any atom is 0.115 e. The molecule has 0 saturated carbocycles. The van der Waals surface area contributed by atoms with Gasteiger partial charge in [-0.05, 0) is 37.5 Å². The van der Waals surface area contributed by atoms with Crippen LogP contribution in [0.25, 0.3) is 0 Å². The molecule has 1 fully saturated rings. The summed E-state index contributed by atoms with van der Waals surface area (Å²) in [7, 11) is 0. The number of phenols is 1. The van der Waals surface area contributed by atoms with Crippen molar-refractivity contribution in [3.63, 3.8) is 0 Å². The largest absolute Gasteiger partial charge is 0.508 e. The first kappa shape index (κ1) is 11.8. The van der Waals surface area contributed by atoms with E-state index in [0.717, 1.165) is 19.4 Å². The Morgan fingerprint density at radius 3 is 2.69 bits per heavy atom. The number of thioether (sulfide) groups is 1. The van der Waals surface area contributed by atoms with Gasteiger partial charge in [-0.1, -0.05) is 19.1 Å². The second kappa shape index (κ2) is 4.68. The highest BCUT2D eigenvalue weighted by molar-refractivity contribution is 8.01. The molecule has 0 amide bonds. The van der Waals surface area contributed by atoms with Crippen LogP contribution in [-0.2, 0) is 6.42 Å². The summed E-state index contributed by atoms with van der Waals surface area (Å²) < 4.78 is 0. The fourth-order valence-corrected chi connectivity index (χ4v) is 3.52. The second-order valence-corrected chi connectivity index (χ2v) is 6.65. The van der Waals surface area contributed by atoms with Gasteiger partial charge in [-0.25, -0.2) is 0 Å². The van der Waals surface area contributed by atoms with Crippen LogP contribution in [0, 0.1) is 0 Å². The molecule has 2 rings (SSSR count). The zero-order chi connectivity index (χ0) is 11.6. The highest BCUT2D eigenvalue weighted by Crippen LogP contribution is 2.35. The van der Waals surface area contributed by atoms with Gasteiger partial charge in [-0.15, -0.1) is 11.8 Å². The van der Waals surface area contributed by atoms with Gasteiger partial charge in [-0.2, -0.15) is 0 Å². The van der Waals surface area contributed by atoms with Crippen molar-refractivity contribution >= 4 is 11.8 Å². The van der Waals surface area contributed by atoms with E-state index in [0.29, 0.717) is 11.0 Å². The van der Waals surface area contributed by atoms with E-state index in [4.69, 9.17) is 0 Å². The number of nitrogens with one attached hydrogen (secondary N) is 1. The Morgan fingerprint density at radius 1 is 1.44 bits per heavy atom. The fourth-order valence-electron chi connectivity index (χ4n) is 2.08. The fraction of sp³-hybridized carbons (Fsp3) is 0.538. The number of aromatic hydroxyl groups is 1. The average Bonchev–Trinajstić information content (AvgIpc) is 2.59. The summed E-state index contributed by atoms with van der Waals surface area (Å²) >= 11 is 2.03. The molecular weight excluding hydrogens is 218 g/mol. The van der Waals surface area contributed by atoms with E-state index in [-0.39, 0.29) is 4.87 Å². The lowest BCUT2D eigenvalue weighted by Crippen LogP contribution is -2.34. The Bertz CT molecular complexity index is 351. The van der Waals surface area contributed by atoms with E-state index in [1.165, 1.54) is 5.56 Å². The minimum Gasteiger partial charge on any atom is -0.508 e. The molecule has 1 heterocycles. The quantitative estimate of drug-likeness (QED) is 0.848. The molecule has 16 heavy (non-hydrogen) atoms. The van der Waals surface area contributed by atoms with E-state index < -0.39 is 0 Å². The number of benzene rings is 1. The smallest absolute Gasteiger partial charge is 0.115 e. The topological polar surface area (TPSA) is 32.3 Å². The molecule has 2 N–H and O–H groups in total. The number of phenolic OH excluding ortho intramolecular Hbond substituents is 1. The molecule has 0 aromatic heterocycles. The minimum atomic E-state index is 0.220. The van der Waals surface area contributed by atoms with Gasteiger partial charge in [-0.3, -0.25) is 0 Å². The number of hydrogen-bond donors (Lipinski definition) is 2. The van der Waals surface area contributed by atoms with Gasteiger partial charge in [0, 0.05) is 11.8 Å². The Kier molecular flexibility index (Phi) is 3.45. The Balaban J connectivity index is 1.90. The maximum atomic E-state index is 9.21. The lowest BCUT2D eigenvalue weighted by molar-refractivity contribution is 0.474. The van der Waals surface area contributed by atoms with Crippen LogP contribution in [0.1, 0.15) is 25.8 Å². The third-order valence-corrected chi connectivity index (χ3v) is 4.49. The van der Waals surface area contributed by atoms with Crippen LogP contribution in [0.4, 0.5) is 0 Å². The summed E-state index contributed by atoms with van der Waals surface area (Å²) in [6.07, 6.45) is 2.19. The predicted molar refractivity (Wildman–Crippen MR) is 69.9 cm³/mol. The lowest BCUT2D eigenvalue weighted by atomic mass is 10.1. The van der Waals surface area contributed by atoms with Crippen LogP contribution in [0.2, 0.25) is 0 Å². The molecule has 2 atom stereocenters. The third kappa shape index (κ3) is 2.92. The van der Waals surface area contributed by atoms with Crippen molar-refractivity contribution in [3.05, 3.63) is 29.8 Å². The van der Waals surface area contributed by atoms with Gasteiger partial charge in [0.15, 0.2) is 0 Å². The summed E-state index contributed by atoms with van der Waals surface area (Å²) in [4.78, 5) is 0.220. The second-order valence-electron chi connectivity index (χ2n) is 4.71. The molecule has 1 aromatic carbocycles. The van der Waals surface area contributed by atoms with Crippen LogP contribution >= 0.6 is 11.8 Å². The maximum absolute atomic E-state index is 9.21. The van der Waals surface area contributed by atoms with Crippen molar-refractivity contribution in [2.45, 2.75) is 36.8 Å². The van der Waals surface area contributed by atoms with Crippen molar-refractivity contribution in [3.8, 4) is 5.75 Å². The number of rotatable bonds is 3. The van der Waals surface area contributed by atoms with E-state index >= 15 is 0 Å².